The zero-order valence-electron chi connectivity index (χ0n) is 18.2. The summed E-state index contributed by atoms with van der Waals surface area (Å²) in [6, 6.07) is 4.39. The van der Waals surface area contributed by atoms with Gasteiger partial charge in [-0.1, -0.05) is 12.1 Å². The first-order valence-corrected chi connectivity index (χ1v) is 10.2. The molecule has 32 heavy (non-hydrogen) atoms. The Kier molecular flexibility index (Phi) is 6.26. The highest BCUT2D eigenvalue weighted by atomic mass is 19.4. The molecule has 1 N–H and O–H groups in total. The summed E-state index contributed by atoms with van der Waals surface area (Å²) in [7, 11) is 0. The van der Waals surface area contributed by atoms with E-state index in [1.807, 2.05) is 0 Å². The molecule has 0 saturated carbocycles. The van der Waals surface area contributed by atoms with Crippen molar-refractivity contribution in [2.45, 2.75) is 32.5 Å². The van der Waals surface area contributed by atoms with Crippen molar-refractivity contribution in [1.82, 2.24) is 15.1 Å². The summed E-state index contributed by atoms with van der Waals surface area (Å²) >= 11 is 0. The predicted molar refractivity (Wildman–Crippen MR) is 110 cm³/mol. The molecule has 1 aromatic carbocycles. The molecule has 0 aliphatic carbocycles. The molecular formula is C22H26F3N3O4. The standard InChI is InChI=1S/C22H26F3N3O4/c1-20(2,3)32-19(31)28-13-21(14-28)11-27(12-21)18(30)10-26-17(29)9-6-15-4-7-16(8-5-15)22(23,24)25/h4-9H,10-14H2,1-3H3,(H,26,29)/b9-6+. The Balaban J connectivity index is 1.37. The second kappa shape index (κ2) is 8.48. The number of halogens is 3. The molecule has 2 heterocycles. The lowest BCUT2D eigenvalue weighted by Gasteiger charge is -2.59. The number of rotatable bonds is 4. The Hall–Kier alpha value is -3.04. The highest BCUT2D eigenvalue weighted by Gasteiger charge is 2.55. The molecule has 3 rings (SSSR count). The van der Waals surface area contributed by atoms with Crippen LogP contribution in [0.2, 0.25) is 0 Å². The van der Waals surface area contributed by atoms with Crippen molar-refractivity contribution in [1.29, 1.82) is 0 Å². The van der Waals surface area contributed by atoms with Crippen molar-refractivity contribution >= 4 is 24.0 Å². The Morgan fingerprint density at radius 3 is 2.12 bits per heavy atom. The maximum Gasteiger partial charge on any atom is 0.416 e. The molecule has 2 fully saturated rings. The number of benzene rings is 1. The second-order valence-electron chi connectivity index (χ2n) is 9.26. The molecule has 2 aliphatic heterocycles. The maximum atomic E-state index is 12.6. The van der Waals surface area contributed by atoms with Gasteiger partial charge in [0.05, 0.1) is 12.1 Å². The van der Waals surface area contributed by atoms with E-state index in [1.54, 1.807) is 30.6 Å². The van der Waals surface area contributed by atoms with Gasteiger partial charge < -0.3 is 19.9 Å². The molecule has 7 nitrogen and oxygen atoms in total. The van der Waals surface area contributed by atoms with E-state index in [0.29, 0.717) is 31.7 Å². The first-order chi connectivity index (χ1) is 14.8. The summed E-state index contributed by atoms with van der Waals surface area (Å²) in [5, 5.41) is 2.47. The van der Waals surface area contributed by atoms with Crippen LogP contribution < -0.4 is 5.32 Å². The normalized spacial score (nSPS) is 17.7. The van der Waals surface area contributed by atoms with Crippen molar-refractivity contribution in [2.24, 2.45) is 5.41 Å². The van der Waals surface area contributed by atoms with E-state index in [-0.39, 0.29) is 24.0 Å². The minimum Gasteiger partial charge on any atom is -0.444 e. The molecule has 0 aromatic heterocycles. The molecule has 10 heteroatoms. The minimum absolute atomic E-state index is 0.0982. The van der Waals surface area contributed by atoms with E-state index in [9.17, 15) is 27.6 Å². The van der Waals surface area contributed by atoms with E-state index in [2.05, 4.69) is 5.32 Å². The Labute approximate surface area is 184 Å². The van der Waals surface area contributed by atoms with Crippen LogP contribution >= 0.6 is 0 Å². The quantitative estimate of drug-likeness (QED) is 0.712. The van der Waals surface area contributed by atoms with Gasteiger partial charge in [0, 0.05) is 37.7 Å². The van der Waals surface area contributed by atoms with Gasteiger partial charge in [0.25, 0.3) is 0 Å². The summed E-state index contributed by atoms with van der Waals surface area (Å²) in [5.74, 6) is -0.754. The van der Waals surface area contributed by atoms with Crippen LogP contribution in [0.25, 0.3) is 6.08 Å². The smallest absolute Gasteiger partial charge is 0.416 e. The average molecular weight is 453 g/mol. The summed E-state index contributed by atoms with van der Waals surface area (Å²) < 4.78 is 43.0. The summed E-state index contributed by atoms with van der Waals surface area (Å²) in [4.78, 5) is 39.4. The first-order valence-electron chi connectivity index (χ1n) is 10.2. The van der Waals surface area contributed by atoms with Crippen molar-refractivity contribution in [2.75, 3.05) is 32.7 Å². The zero-order valence-corrected chi connectivity index (χ0v) is 18.2. The van der Waals surface area contributed by atoms with Gasteiger partial charge in [0.1, 0.15) is 5.60 Å². The molecule has 1 aromatic rings. The summed E-state index contributed by atoms with van der Waals surface area (Å²) in [6.07, 6.45) is -2.24. The van der Waals surface area contributed by atoms with E-state index in [4.69, 9.17) is 4.74 Å². The third-order valence-electron chi connectivity index (χ3n) is 5.19. The van der Waals surface area contributed by atoms with Crippen LogP contribution in [0.5, 0.6) is 0 Å². The fraction of sp³-hybridized carbons (Fsp3) is 0.500. The Bertz CT molecular complexity index is 906. The van der Waals surface area contributed by atoms with Gasteiger partial charge in [-0.25, -0.2) is 4.79 Å². The number of nitrogens with zero attached hydrogens (tertiary/aromatic N) is 2. The number of ether oxygens (including phenoxy) is 1. The number of nitrogens with one attached hydrogen (secondary N) is 1. The van der Waals surface area contributed by atoms with Crippen molar-refractivity contribution < 1.29 is 32.3 Å². The van der Waals surface area contributed by atoms with Crippen LogP contribution in [0.4, 0.5) is 18.0 Å². The number of alkyl halides is 3. The predicted octanol–water partition coefficient (Wildman–Crippen LogP) is 2.91. The lowest BCUT2D eigenvalue weighted by Crippen LogP contribution is -2.74. The monoisotopic (exact) mass is 453 g/mol. The maximum absolute atomic E-state index is 12.6. The number of hydrogen-bond donors (Lipinski definition) is 1. The third kappa shape index (κ3) is 5.80. The van der Waals surface area contributed by atoms with Crippen LogP contribution in [0.15, 0.2) is 30.3 Å². The largest absolute Gasteiger partial charge is 0.444 e. The highest BCUT2D eigenvalue weighted by Crippen LogP contribution is 2.40. The SMILES string of the molecule is CC(C)(C)OC(=O)N1CC2(CN(C(=O)CNC(=O)/C=C/c3ccc(C(F)(F)F)cc3)C2)C1. The van der Waals surface area contributed by atoms with Crippen molar-refractivity contribution in [3.05, 3.63) is 41.5 Å². The summed E-state index contributed by atoms with van der Waals surface area (Å²) in [5.41, 5.74) is -0.985. The van der Waals surface area contributed by atoms with Gasteiger partial charge in [-0.15, -0.1) is 0 Å². The van der Waals surface area contributed by atoms with Crippen LogP contribution in [-0.4, -0.2) is 66.0 Å². The molecule has 0 atom stereocenters. The minimum atomic E-state index is -4.41. The number of amides is 3. The number of likely N-dealkylation sites (tertiary alicyclic amines) is 2. The molecule has 0 radical (unpaired) electrons. The van der Waals surface area contributed by atoms with Crippen LogP contribution in [-0.2, 0) is 20.5 Å². The Morgan fingerprint density at radius 2 is 1.59 bits per heavy atom. The molecule has 0 bridgehead atoms. The van der Waals surface area contributed by atoms with Crippen molar-refractivity contribution in [3.63, 3.8) is 0 Å². The Morgan fingerprint density at radius 1 is 1.03 bits per heavy atom. The van der Waals surface area contributed by atoms with Crippen LogP contribution in [0, 0.1) is 5.41 Å². The molecule has 2 aliphatic rings. The van der Waals surface area contributed by atoms with E-state index in [1.165, 1.54) is 18.2 Å². The van der Waals surface area contributed by atoms with Gasteiger partial charge >= 0.3 is 12.3 Å². The van der Waals surface area contributed by atoms with E-state index >= 15 is 0 Å². The van der Waals surface area contributed by atoms with E-state index in [0.717, 1.165) is 18.2 Å². The third-order valence-corrected chi connectivity index (χ3v) is 5.19. The molecule has 174 valence electrons. The fourth-order valence-electron chi connectivity index (χ4n) is 3.65. The summed E-state index contributed by atoms with van der Waals surface area (Å²) in [6.45, 7) is 7.33. The van der Waals surface area contributed by atoms with Crippen LogP contribution in [0.3, 0.4) is 0 Å². The molecule has 0 unspecified atom stereocenters. The second-order valence-corrected chi connectivity index (χ2v) is 9.26. The lowest BCUT2D eigenvalue weighted by molar-refractivity contribution is -0.156. The number of carbonyl (C=O) groups excluding carboxylic acids is 3. The lowest BCUT2D eigenvalue weighted by atomic mass is 9.73. The highest BCUT2D eigenvalue weighted by molar-refractivity contribution is 5.94. The number of hydrogen-bond acceptors (Lipinski definition) is 4. The molecule has 1 spiro atoms. The fourth-order valence-corrected chi connectivity index (χ4v) is 3.65. The van der Waals surface area contributed by atoms with Crippen LogP contribution in [0.1, 0.15) is 31.9 Å². The number of carbonyl (C=O) groups is 3. The van der Waals surface area contributed by atoms with Gasteiger partial charge in [0.15, 0.2) is 0 Å². The molecule has 2 saturated heterocycles. The molecule has 3 amide bonds. The van der Waals surface area contributed by atoms with Crippen molar-refractivity contribution in [3.8, 4) is 0 Å². The average Bonchev–Trinajstić information content (AvgIpc) is 2.60. The van der Waals surface area contributed by atoms with Gasteiger partial charge in [-0.05, 0) is 44.5 Å². The topological polar surface area (TPSA) is 79.0 Å². The van der Waals surface area contributed by atoms with Gasteiger partial charge in [0.2, 0.25) is 11.8 Å². The molecular weight excluding hydrogens is 427 g/mol. The van der Waals surface area contributed by atoms with Gasteiger partial charge in [-0.3, -0.25) is 9.59 Å². The van der Waals surface area contributed by atoms with Gasteiger partial charge in [-0.2, -0.15) is 13.2 Å². The van der Waals surface area contributed by atoms with E-state index < -0.39 is 23.2 Å². The zero-order chi connectivity index (χ0) is 23.7. The first kappa shape index (κ1) is 23.6.